The van der Waals surface area contributed by atoms with Crippen molar-refractivity contribution in [2.24, 2.45) is 5.92 Å². The average Bonchev–Trinajstić information content (AvgIpc) is 3.21. The Labute approximate surface area is 191 Å². The van der Waals surface area contributed by atoms with Gasteiger partial charge in [0.15, 0.2) is 0 Å². The number of benzene rings is 2. The van der Waals surface area contributed by atoms with Crippen LogP contribution in [0.1, 0.15) is 24.0 Å². The Kier molecular flexibility index (Phi) is 7.10. The predicted molar refractivity (Wildman–Crippen MR) is 129 cm³/mol. The van der Waals surface area contributed by atoms with Gasteiger partial charge in [-0.3, -0.25) is 14.5 Å². The molecule has 170 valence electrons. The van der Waals surface area contributed by atoms with Gasteiger partial charge in [0.2, 0.25) is 11.8 Å². The molecule has 0 aromatic heterocycles. The molecule has 6 nitrogen and oxygen atoms in total. The third kappa shape index (κ3) is 5.13. The molecule has 4 rings (SSSR count). The van der Waals surface area contributed by atoms with E-state index in [1.54, 1.807) is 4.90 Å². The highest BCUT2D eigenvalue weighted by Gasteiger charge is 2.35. The van der Waals surface area contributed by atoms with Crippen molar-refractivity contribution in [2.75, 3.05) is 55.6 Å². The normalized spacial score (nSPS) is 19.4. The van der Waals surface area contributed by atoms with E-state index in [2.05, 4.69) is 45.4 Å². The Bertz CT molecular complexity index is 938. The molecule has 0 spiro atoms. The molecule has 0 radical (unpaired) electrons. The lowest BCUT2D eigenvalue weighted by atomic mass is 10.1. The van der Waals surface area contributed by atoms with E-state index in [4.69, 9.17) is 0 Å². The van der Waals surface area contributed by atoms with Crippen molar-refractivity contribution in [2.45, 2.75) is 26.7 Å². The molecule has 2 heterocycles. The van der Waals surface area contributed by atoms with Gasteiger partial charge in [-0.15, -0.1) is 0 Å². The minimum atomic E-state index is -0.267. The van der Waals surface area contributed by atoms with Crippen molar-refractivity contribution in [3.05, 3.63) is 59.7 Å². The Hall–Kier alpha value is -2.86. The van der Waals surface area contributed by atoms with Crippen molar-refractivity contribution in [3.63, 3.8) is 0 Å². The van der Waals surface area contributed by atoms with Gasteiger partial charge in [-0.05, 0) is 56.1 Å². The fourth-order valence-electron chi connectivity index (χ4n) is 4.67. The highest BCUT2D eigenvalue weighted by Crippen LogP contribution is 2.29. The quantitative estimate of drug-likeness (QED) is 0.681. The van der Waals surface area contributed by atoms with E-state index in [0.717, 1.165) is 56.0 Å². The number of anilines is 2. The number of nitrogens with zero attached hydrogens (tertiary/aromatic N) is 3. The van der Waals surface area contributed by atoms with E-state index in [0.29, 0.717) is 19.5 Å². The van der Waals surface area contributed by atoms with E-state index in [-0.39, 0.29) is 17.7 Å². The van der Waals surface area contributed by atoms with E-state index in [9.17, 15) is 9.59 Å². The van der Waals surface area contributed by atoms with Gasteiger partial charge in [0.25, 0.3) is 0 Å². The first kappa shape index (κ1) is 22.3. The standard InChI is InChI=1S/C26H34N4O2/c1-20-8-6-11-24(21(20)2)30-19-22(18-25(30)31)26(32)27-12-7-13-28-14-16-29(17-15-28)23-9-4-3-5-10-23/h3-6,8-11,22H,7,12-19H2,1-2H3,(H,27,32)/t22-/m0/s1. The molecular formula is C26H34N4O2. The molecule has 0 bridgehead atoms. The number of nitrogens with one attached hydrogen (secondary N) is 1. The van der Waals surface area contributed by atoms with Crippen LogP contribution in [0.25, 0.3) is 0 Å². The average molecular weight is 435 g/mol. The predicted octanol–water partition coefficient (Wildman–Crippen LogP) is 2.98. The zero-order valence-electron chi connectivity index (χ0n) is 19.2. The van der Waals surface area contributed by atoms with Crippen LogP contribution in [0.5, 0.6) is 0 Å². The maximum absolute atomic E-state index is 12.7. The Balaban J connectivity index is 1.17. The van der Waals surface area contributed by atoms with Crippen molar-refractivity contribution in [1.82, 2.24) is 10.2 Å². The fourth-order valence-corrected chi connectivity index (χ4v) is 4.67. The van der Waals surface area contributed by atoms with Crippen LogP contribution >= 0.6 is 0 Å². The van der Waals surface area contributed by atoms with Crippen LogP contribution in [0.2, 0.25) is 0 Å². The molecule has 0 saturated carbocycles. The number of rotatable bonds is 7. The molecule has 2 aromatic rings. The number of aryl methyl sites for hydroxylation is 1. The molecule has 32 heavy (non-hydrogen) atoms. The van der Waals surface area contributed by atoms with Crippen LogP contribution in [-0.4, -0.2) is 62.5 Å². The minimum absolute atomic E-state index is 0.0000491. The van der Waals surface area contributed by atoms with E-state index < -0.39 is 0 Å². The van der Waals surface area contributed by atoms with Gasteiger partial charge in [-0.25, -0.2) is 0 Å². The molecule has 2 fully saturated rings. The molecule has 0 unspecified atom stereocenters. The van der Waals surface area contributed by atoms with Gasteiger partial charge in [0, 0.05) is 57.1 Å². The van der Waals surface area contributed by atoms with Crippen LogP contribution < -0.4 is 15.1 Å². The molecule has 2 aromatic carbocycles. The second-order valence-electron chi connectivity index (χ2n) is 8.93. The van der Waals surface area contributed by atoms with E-state index in [1.807, 2.05) is 32.0 Å². The minimum Gasteiger partial charge on any atom is -0.369 e. The monoisotopic (exact) mass is 434 g/mol. The third-order valence-electron chi connectivity index (χ3n) is 6.81. The van der Waals surface area contributed by atoms with Gasteiger partial charge in [-0.1, -0.05) is 30.3 Å². The second-order valence-corrected chi connectivity index (χ2v) is 8.93. The zero-order valence-corrected chi connectivity index (χ0v) is 19.2. The highest BCUT2D eigenvalue weighted by atomic mass is 16.2. The smallest absolute Gasteiger partial charge is 0.227 e. The maximum atomic E-state index is 12.7. The molecule has 1 N–H and O–H groups in total. The van der Waals surface area contributed by atoms with Crippen LogP contribution in [0.15, 0.2) is 48.5 Å². The first-order valence-corrected chi connectivity index (χ1v) is 11.7. The number of amides is 2. The molecule has 1 atom stereocenters. The van der Waals surface area contributed by atoms with Crippen LogP contribution in [0.3, 0.4) is 0 Å². The number of carbonyl (C=O) groups is 2. The summed E-state index contributed by atoms with van der Waals surface area (Å²) in [6.45, 7) is 10.4. The van der Waals surface area contributed by atoms with Gasteiger partial charge in [0.05, 0.1) is 5.92 Å². The zero-order chi connectivity index (χ0) is 22.5. The molecule has 6 heteroatoms. The number of carbonyl (C=O) groups excluding carboxylic acids is 2. The summed E-state index contributed by atoms with van der Waals surface area (Å²) in [6, 6.07) is 16.5. The summed E-state index contributed by atoms with van der Waals surface area (Å²) in [7, 11) is 0. The van der Waals surface area contributed by atoms with Crippen molar-refractivity contribution < 1.29 is 9.59 Å². The first-order chi connectivity index (χ1) is 15.5. The van der Waals surface area contributed by atoms with Gasteiger partial charge >= 0.3 is 0 Å². The number of hydrogen-bond acceptors (Lipinski definition) is 4. The van der Waals surface area contributed by atoms with Crippen LogP contribution in [-0.2, 0) is 9.59 Å². The Morgan fingerprint density at radius 1 is 1.00 bits per heavy atom. The molecule has 2 aliphatic rings. The van der Waals surface area contributed by atoms with Gasteiger partial charge in [0.1, 0.15) is 0 Å². The summed E-state index contributed by atoms with van der Waals surface area (Å²) in [5.41, 5.74) is 4.49. The molecular weight excluding hydrogens is 400 g/mol. The summed E-state index contributed by atoms with van der Waals surface area (Å²) in [5, 5.41) is 3.06. The lowest BCUT2D eigenvalue weighted by Crippen LogP contribution is -2.47. The Morgan fingerprint density at radius 2 is 1.75 bits per heavy atom. The second kappa shape index (κ2) is 10.2. The number of hydrogen-bond donors (Lipinski definition) is 1. The third-order valence-corrected chi connectivity index (χ3v) is 6.81. The van der Waals surface area contributed by atoms with E-state index >= 15 is 0 Å². The molecule has 2 saturated heterocycles. The SMILES string of the molecule is Cc1cccc(N2C[C@@H](C(=O)NCCCN3CCN(c4ccccc4)CC3)CC2=O)c1C. The summed E-state index contributed by atoms with van der Waals surface area (Å²) in [5.74, 6) is -0.230. The maximum Gasteiger partial charge on any atom is 0.227 e. The number of piperazine rings is 1. The van der Waals surface area contributed by atoms with Gasteiger partial charge in [-0.2, -0.15) is 0 Å². The van der Waals surface area contributed by atoms with Crippen LogP contribution in [0.4, 0.5) is 11.4 Å². The van der Waals surface area contributed by atoms with Crippen molar-refractivity contribution in [1.29, 1.82) is 0 Å². The number of para-hydroxylation sites is 1. The fraction of sp³-hybridized carbons (Fsp3) is 0.462. The van der Waals surface area contributed by atoms with E-state index in [1.165, 1.54) is 5.69 Å². The van der Waals surface area contributed by atoms with Crippen LogP contribution in [0, 0.1) is 19.8 Å². The van der Waals surface area contributed by atoms with Crippen molar-refractivity contribution >= 4 is 23.2 Å². The highest BCUT2D eigenvalue weighted by molar-refractivity contribution is 6.00. The lowest BCUT2D eigenvalue weighted by Gasteiger charge is -2.36. The summed E-state index contributed by atoms with van der Waals surface area (Å²) < 4.78 is 0. The Morgan fingerprint density at radius 3 is 2.50 bits per heavy atom. The molecule has 2 amide bonds. The lowest BCUT2D eigenvalue weighted by molar-refractivity contribution is -0.126. The summed E-state index contributed by atoms with van der Waals surface area (Å²) in [6.07, 6.45) is 1.22. The van der Waals surface area contributed by atoms with Crippen molar-refractivity contribution in [3.8, 4) is 0 Å². The molecule has 2 aliphatic heterocycles. The summed E-state index contributed by atoms with van der Waals surface area (Å²) >= 11 is 0. The first-order valence-electron chi connectivity index (χ1n) is 11.7. The molecule has 0 aliphatic carbocycles. The summed E-state index contributed by atoms with van der Waals surface area (Å²) in [4.78, 5) is 31.9. The topological polar surface area (TPSA) is 55.9 Å². The largest absolute Gasteiger partial charge is 0.369 e. The van der Waals surface area contributed by atoms with Gasteiger partial charge < -0.3 is 15.1 Å².